The summed E-state index contributed by atoms with van der Waals surface area (Å²) >= 11 is 7.61. The number of H-pyrrole nitrogens is 1. The van der Waals surface area contributed by atoms with Gasteiger partial charge >= 0.3 is 0 Å². The summed E-state index contributed by atoms with van der Waals surface area (Å²) in [4.78, 5) is 17.9. The van der Waals surface area contributed by atoms with Crippen molar-refractivity contribution in [3.8, 4) is 0 Å². The first kappa shape index (κ1) is 13.4. The van der Waals surface area contributed by atoms with Gasteiger partial charge in [0.15, 0.2) is 5.82 Å². The highest BCUT2D eigenvalue weighted by atomic mass is 35.5. The van der Waals surface area contributed by atoms with Gasteiger partial charge in [0.25, 0.3) is 5.91 Å². The van der Waals surface area contributed by atoms with Crippen LogP contribution in [-0.2, 0) is 19.3 Å². The van der Waals surface area contributed by atoms with Crippen LogP contribution in [0.25, 0.3) is 0 Å². The van der Waals surface area contributed by atoms with Gasteiger partial charge in [0, 0.05) is 17.8 Å². The number of carbonyl (C=O) groups excluding carboxylic acids is 1. The second-order valence-electron chi connectivity index (χ2n) is 4.63. The number of carbonyl (C=O) groups is 1. The third-order valence-electron chi connectivity index (χ3n) is 3.22. The van der Waals surface area contributed by atoms with Crippen LogP contribution in [-0.4, -0.2) is 27.6 Å². The Bertz CT molecular complexity index is 629. The lowest BCUT2D eigenvalue weighted by Crippen LogP contribution is -2.26. The van der Waals surface area contributed by atoms with E-state index in [-0.39, 0.29) is 22.4 Å². The molecule has 1 aliphatic carbocycles. The second-order valence-corrected chi connectivity index (χ2v) is 6.18. The van der Waals surface area contributed by atoms with Crippen LogP contribution in [0, 0.1) is 0 Å². The number of thiazole rings is 1. The summed E-state index contributed by atoms with van der Waals surface area (Å²) in [5, 5.41) is 10.2. The Morgan fingerprint density at radius 2 is 2.35 bits per heavy atom. The summed E-state index contributed by atoms with van der Waals surface area (Å²) in [6.45, 7) is 0.514. The first-order chi connectivity index (χ1) is 9.65. The van der Waals surface area contributed by atoms with E-state index >= 15 is 0 Å². The SMILES string of the molecule is Nc1n[nH]c(C(=O)NCCc2nc3c(s2)CCC3)c1Cl. The third-order valence-corrected chi connectivity index (χ3v) is 4.82. The van der Waals surface area contributed by atoms with Crippen LogP contribution in [0.2, 0.25) is 5.02 Å². The molecule has 0 aromatic carbocycles. The largest absolute Gasteiger partial charge is 0.381 e. The average Bonchev–Trinajstić information content (AvgIpc) is 3.06. The molecule has 0 fully saturated rings. The molecule has 3 rings (SSSR count). The highest BCUT2D eigenvalue weighted by Crippen LogP contribution is 2.27. The van der Waals surface area contributed by atoms with E-state index < -0.39 is 0 Å². The summed E-state index contributed by atoms with van der Waals surface area (Å²) in [6.07, 6.45) is 4.17. The van der Waals surface area contributed by atoms with E-state index in [1.165, 1.54) is 17.0 Å². The van der Waals surface area contributed by atoms with Crippen molar-refractivity contribution in [1.82, 2.24) is 20.5 Å². The number of halogens is 1. The van der Waals surface area contributed by atoms with Gasteiger partial charge in [-0.3, -0.25) is 9.89 Å². The number of aryl methyl sites for hydroxylation is 2. The number of amides is 1. The molecule has 8 heteroatoms. The van der Waals surface area contributed by atoms with Gasteiger partial charge in [-0.1, -0.05) is 11.6 Å². The first-order valence-electron chi connectivity index (χ1n) is 6.40. The van der Waals surface area contributed by atoms with E-state index in [0.717, 1.165) is 24.3 Å². The minimum atomic E-state index is -0.303. The van der Waals surface area contributed by atoms with Gasteiger partial charge in [-0.15, -0.1) is 11.3 Å². The Morgan fingerprint density at radius 1 is 1.50 bits per heavy atom. The van der Waals surface area contributed by atoms with E-state index in [1.807, 2.05) is 0 Å². The molecule has 4 N–H and O–H groups in total. The Kier molecular flexibility index (Phi) is 3.62. The molecule has 6 nitrogen and oxygen atoms in total. The fourth-order valence-electron chi connectivity index (χ4n) is 2.21. The summed E-state index contributed by atoms with van der Waals surface area (Å²) in [7, 11) is 0. The minimum absolute atomic E-state index is 0.133. The van der Waals surface area contributed by atoms with E-state index in [1.54, 1.807) is 11.3 Å². The molecule has 1 amide bonds. The van der Waals surface area contributed by atoms with Crippen molar-refractivity contribution >= 4 is 34.7 Å². The topological polar surface area (TPSA) is 96.7 Å². The number of aromatic amines is 1. The monoisotopic (exact) mass is 311 g/mol. The van der Waals surface area contributed by atoms with Crippen LogP contribution in [0.15, 0.2) is 0 Å². The molecule has 0 bridgehead atoms. The van der Waals surface area contributed by atoms with Crippen LogP contribution < -0.4 is 11.1 Å². The lowest BCUT2D eigenvalue weighted by atomic mass is 10.3. The quantitative estimate of drug-likeness (QED) is 0.798. The summed E-state index contributed by atoms with van der Waals surface area (Å²) in [5.74, 6) is -0.170. The van der Waals surface area contributed by atoms with E-state index in [9.17, 15) is 4.79 Å². The number of nitrogen functional groups attached to an aromatic ring is 1. The Labute approximate surface area is 124 Å². The maximum Gasteiger partial charge on any atom is 0.270 e. The van der Waals surface area contributed by atoms with Crippen LogP contribution in [0.5, 0.6) is 0 Å². The molecule has 0 radical (unpaired) electrons. The molecule has 0 saturated heterocycles. The van der Waals surface area contributed by atoms with Gasteiger partial charge in [-0.25, -0.2) is 4.98 Å². The third kappa shape index (κ3) is 2.51. The standard InChI is InChI=1S/C12H14ClN5OS/c13-9-10(17-18-11(9)14)12(19)15-5-4-8-16-6-2-1-3-7(6)20-8/h1-5H2,(H,15,19)(H3,14,17,18). The fourth-order valence-corrected chi connectivity index (χ4v) is 3.54. The van der Waals surface area contributed by atoms with E-state index in [2.05, 4.69) is 20.5 Å². The zero-order valence-electron chi connectivity index (χ0n) is 10.7. The number of nitrogens with zero attached hydrogens (tertiary/aromatic N) is 2. The van der Waals surface area contributed by atoms with E-state index in [4.69, 9.17) is 17.3 Å². The molecule has 20 heavy (non-hydrogen) atoms. The first-order valence-corrected chi connectivity index (χ1v) is 7.59. The van der Waals surface area contributed by atoms with Crippen molar-refractivity contribution in [2.75, 3.05) is 12.3 Å². The van der Waals surface area contributed by atoms with Gasteiger partial charge in [0.05, 0.1) is 10.7 Å². The molecule has 0 atom stereocenters. The normalized spacial score (nSPS) is 13.4. The highest BCUT2D eigenvalue weighted by Gasteiger charge is 2.18. The number of anilines is 1. The lowest BCUT2D eigenvalue weighted by molar-refractivity contribution is 0.0949. The number of rotatable bonds is 4. The Balaban J connectivity index is 1.54. The molecule has 2 aromatic rings. The number of nitrogens with one attached hydrogen (secondary N) is 2. The summed E-state index contributed by atoms with van der Waals surface area (Å²) in [6, 6.07) is 0. The van der Waals surface area contributed by atoms with Crippen LogP contribution in [0.4, 0.5) is 5.82 Å². The van der Waals surface area contributed by atoms with Crippen LogP contribution in [0.1, 0.15) is 32.5 Å². The van der Waals surface area contributed by atoms with Gasteiger partial charge < -0.3 is 11.1 Å². The number of aromatic nitrogens is 3. The number of hydrogen-bond donors (Lipinski definition) is 3. The van der Waals surface area contributed by atoms with Crippen molar-refractivity contribution in [2.24, 2.45) is 0 Å². The van der Waals surface area contributed by atoms with E-state index in [0.29, 0.717) is 6.54 Å². The van der Waals surface area contributed by atoms with Gasteiger partial charge in [0.2, 0.25) is 0 Å². The molecule has 0 saturated carbocycles. The molecular formula is C12H14ClN5OS. The molecular weight excluding hydrogens is 298 g/mol. The predicted octanol–water partition coefficient (Wildman–Crippen LogP) is 1.56. The second kappa shape index (κ2) is 5.41. The molecule has 2 heterocycles. The Hall–Kier alpha value is -1.60. The van der Waals surface area contributed by atoms with Crippen molar-refractivity contribution < 1.29 is 4.79 Å². The molecule has 0 unspecified atom stereocenters. The number of hydrogen-bond acceptors (Lipinski definition) is 5. The number of nitrogens with two attached hydrogens (primary N) is 1. The Morgan fingerprint density at radius 3 is 3.05 bits per heavy atom. The van der Waals surface area contributed by atoms with Crippen LogP contribution >= 0.6 is 22.9 Å². The maximum atomic E-state index is 11.9. The van der Waals surface area contributed by atoms with Crippen molar-refractivity contribution in [3.63, 3.8) is 0 Å². The van der Waals surface area contributed by atoms with Crippen molar-refractivity contribution in [1.29, 1.82) is 0 Å². The molecule has 0 aliphatic heterocycles. The zero-order chi connectivity index (χ0) is 14.1. The number of fused-ring (bicyclic) bond motifs is 1. The van der Waals surface area contributed by atoms with Crippen molar-refractivity contribution in [3.05, 3.63) is 26.3 Å². The zero-order valence-corrected chi connectivity index (χ0v) is 12.3. The minimum Gasteiger partial charge on any atom is -0.381 e. The van der Waals surface area contributed by atoms with Gasteiger partial charge in [-0.2, -0.15) is 5.10 Å². The highest BCUT2D eigenvalue weighted by molar-refractivity contribution is 7.11. The molecule has 2 aromatic heterocycles. The lowest BCUT2D eigenvalue weighted by Gasteiger charge is -2.02. The molecule has 1 aliphatic rings. The van der Waals surface area contributed by atoms with Crippen LogP contribution in [0.3, 0.4) is 0 Å². The smallest absolute Gasteiger partial charge is 0.270 e. The summed E-state index contributed by atoms with van der Waals surface area (Å²) < 4.78 is 0. The maximum absolute atomic E-state index is 11.9. The molecule has 106 valence electrons. The van der Waals surface area contributed by atoms with Gasteiger partial charge in [-0.05, 0) is 19.3 Å². The molecule has 0 spiro atoms. The van der Waals surface area contributed by atoms with Gasteiger partial charge in [0.1, 0.15) is 10.7 Å². The predicted molar refractivity (Wildman–Crippen MR) is 78.2 cm³/mol. The average molecular weight is 312 g/mol. The fraction of sp³-hybridized carbons (Fsp3) is 0.417. The summed E-state index contributed by atoms with van der Waals surface area (Å²) in [5.41, 5.74) is 6.91. The van der Waals surface area contributed by atoms with Crippen molar-refractivity contribution in [2.45, 2.75) is 25.7 Å².